The van der Waals surface area contributed by atoms with Crippen LogP contribution in [0.4, 0.5) is 0 Å². The Morgan fingerprint density at radius 1 is 1.16 bits per heavy atom. The molecule has 0 saturated carbocycles. The van der Waals surface area contributed by atoms with Crippen molar-refractivity contribution in [2.45, 2.75) is 50.7 Å². The molecule has 2 aliphatic heterocycles. The fraction of sp³-hybridized carbons (Fsp3) is 0.480. The van der Waals surface area contributed by atoms with E-state index in [9.17, 15) is 4.79 Å². The molecule has 168 valence electrons. The lowest BCUT2D eigenvalue weighted by Gasteiger charge is -2.34. The Morgan fingerprint density at radius 2 is 1.97 bits per heavy atom. The molecule has 0 bridgehead atoms. The van der Waals surface area contributed by atoms with E-state index < -0.39 is 0 Å². The molecule has 7 heteroatoms. The molecule has 2 aliphatic rings. The van der Waals surface area contributed by atoms with Crippen molar-refractivity contribution in [1.29, 1.82) is 0 Å². The zero-order valence-corrected chi connectivity index (χ0v) is 18.6. The van der Waals surface area contributed by atoms with E-state index in [0.717, 1.165) is 80.1 Å². The molecule has 2 aromatic heterocycles. The van der Waals surface area contributed by atoms with Gasteiger partial charge in [0.15, 0.2) is 5.65 Å². The third-order valence-corrected chi connectivity index (χ3v) is 6.66. The van der Waals surface area contributed by atoms with Crippen LogP contribution < -0.4 is 4.74 Å². The van der Waals surface area contributed by atoms with Crippen molar-refractivity contribution in [2.24, 2.45) is 0 Å². The Bertz CT molecular complexity index is 1060. The van der Waals surface area contributed by atoms with Gasteiger partial charge in [-0.25, -0.2) is 9.97 Å². The van der Waals surface area contributed by atoms with Crippen molar-refractivity contribution in [3.05, 3.63) is 54.0 Å². The molecule has 7 nitrogen and oxygen atoms in total. The number of ether oxygens (including phenoxy) is 2. The van der Waals surface area contributed by atoms with Gasteiger partial charge in [-0.2, -0.15) is 0 Å². The third-order valence-electron chi connectivity index (χ3n) is 6.66. The van der Waals surface area contributed by atoms with Gasteiger partial charge in [0, 0.05) is 38.4 Å². The summed E-state index contributed by atoms with van der Waals surface area (Å²) in [6.45, 7) is 2.33. The highest BCUT2D eigenvalue weighted by atomic mass is 16.5. The molecular weight excluding hydrogens is 404 g/mol. The van der Waals surface area contributed by atoms with E-state index >= 15 is 0 Å². The highest BCUT2D eigenvalue weighted by Gasteiger charge is 2.31. The number of fused-ring (bicyclic) bond motifs is 1. The van der Waals surface area contributed by atoms with Gasteiger partial charge in [0.1, 0.15) is 23.2 Å². The maximum Gasteiger partial charge on any atom is 0.222 e. The third kappa shape index (κ3) is 4.21. The molecule has 5 rings (SSSR count). The van der Waals surface area contributed by atoms with Gasteiger partial charge in [-0.05, 0) is 61.9 Å². The minimum Gasteiger partial charge on any atom is -0.497 e. The molecular formula is C25H30N4O3. The topological polar surface area (TPSA) is 69.5 Å². The standard InChI is InChI=1S/C25H30N4O3/c1-31-20-9-6-18(7-10-20)8-11-23(30)28-15-12-19(13-16-28)29-24-21(4-2-14-26-24)27-25(29)22-5-3-17-32-22/h2,4,6-7,9-10,14,19,22H,3,5,8,11-13,15-17H2,1H3. The number of rotatable bonds is 6. The maximum absolute atomic E-state index is 12.8. The largest absolute Gasteiger partial charge is 0.497 e. The number of piperidine rings is 1. The minimum atomic E-state index is 0.0494. The van der Waals surface area contributed by atoms with Crippen LogP contribution in [0, 0.1) is 0 Å². The van der Waals surface area contributed by atoms with Crippen molar-refractivity contribution in [1.82, 2.24) is 19.4 Å². The van der Waals surface area contributed by atoms with Gasteiger partial charge in [-0.1, -0.05) is 12.1 Å². The second kappa shape index (κ2) is 9.28. The Kier molecular flexibility index (Phi) is 6.08. The van der Waals surface area contributed by atoms with E-state index in [0.29, 0.717) is 12.5 Å². The molecule has 1 amide bonds. The van der Waals surface area contributed by atoms with E-state index in [1.54, 1.807) is 7.11 Å². The number of pyridine rings is 1. The summed E-state index contributed by atoms with van der Waals surface area (Å²) >= 11 is 0. The molecule has 1 unspecified atom stereocenters. The lowest BCUT2D eigenvalue weighted by atomic mass is 10.0. The summed E-state index contributed by atoms with van der Waals surface area (Å²) in [5, 5.41) is 0. The number of nitrogens with zero attached hydrogens (tertiary/aromatic N) is 4. The Hall–Kier alpha value is -2.93. The average molecular weight is 435 g/mol. The smallest absolute Gasteiger partial charge is 0.222 e. The monoisotopic (exact) mass is 434 g/mol. The van der Waals surface area contributed by atoms with Crippen LogP contribution in [0.1, 0.15) is 55.6 Å². The average Bonchev–Trinajstić information content (AvgIpc) is 3.51. The number of methoxy groups -OCH3 is 1. The van der Waals surface area contributed by atoms with Gasteiger partial charge in [0.2, 0.25) is 5.91 Å². The SMILES string of the molecule is COc1ccc(CCC(=O)N2CCC(n3c(C4CCCO4)nc4cccnc43)CC2)cc1. The zero-order chi connectivity index (χ0) is 21.9. The minimum absolute atomic E-state index is 0.0494. The second-order valence-corrected chi connectivity index (χ2v) is 8.65. The van der Waals surface area contributed by atoms with Crippen molar-refractivity contribution in [3.63, 3.8) is 0 Å². The van der Waals surface area contributed by atoms with Crippen LogP contribution in [-0.2, 0) is 16.0 Å². The molecule has 0 spiro atoms. The number of aromatic nitrogens is 3. The first-order valence-corrected chi connectivity index (χ1v) is 11.6. The summed E-state index contributed by atoms with van der Waals surface area (Å²) in [5.74, 6) is 2.07. The predicted molar refractivity (Wildman–Crippen MR) is 122 cm³/mol. The highest BCUT2D eigenvalue weighted by Crippen LogP contribution is 2.35. The van der Waals surface area contributed by atoms with Crippen LogP contribution in [0.5, 0.6) is 5.75 Å². The first kappa shape index (κ1) is 20.9. The number of hydrogen-bond acceptors (Lipinski definition) is 5. The summed E-state index contributed by atoms with van der Waals surface area (Å²) in [5.41, 5.74) is 3.02. The Labute approximate surface area is 188 Å². The van der Waals surface area contributed by atoms with E-state index in [4.69, 9.17) is 14.5 Å². The van der Waals surface area contributed by atoms with E-state index in [1.165, 1.54) is 0 Å². The quantitative estimate of drug-likeness (QED) is 0.585. The fourth-order valence-electron chi connectivity index (χ4n) is 4.89. The van der Waals surface area contributed by atoms with Gasteiger partial charge < -0.3 is 18.9 Å². The van der Waals surface area contributed by atoms with Crippen LogP contribution in [0.25, 0.3) is 11.2 Å². The number of hydrogen-bond donors (Lipinski definition) is 0. The lowest BCUT2D eigenvalue weighted by Crippen LogP contribution is -2.39. The number of benzene rings is 1. The summed E-state index contributed by atoms with van der Waals surface area (Å²) in [6, 6.07) is 12.2. The molecule has 1 atom stereocenters. The first-order valence-electron chi connectivity index (χ1n) is 11.6. The number of aryl methyl sites for hydroxylation is 1. The molecule has 0 aliphatic carbocycles. The number of likely N-dealkylation sites (tertiary alicyclic amines) is 1. The number of carbonyl (C=O) groups is 1. The van der Waals surface area contributed by atoms with E-state index in [-0.39, 0.29) is 12.0 Å². The molecule has 1 aromatic carbocycles. The lowest BCUT2D eigenvalue weighted by molar-refractivity contribution is -0.132. The van der Waals surface area contributed by atoms with Crippen molar-refractivity contribution < 1.29 is 14.3 Å². The molecule has 0 radical (unpaired) electrons. The zero-order valence-electron chi connectivity index (χ0n) is 18.6. The molecule has 4 heterocycles. The summed E-state index contributed by atoms with van der Waals surface area (Å²) in [6.07, 6.45) is 7.07. The van der Waals surface area contributed by atoms with E-state index in [2.05, 4.69) is 9.55 Å². The molecule has 2 fully saturated rings. The van der Waals surface area contributed by atoms with Crippen molar-refractivity contribution >= 4 is 17.1 Å². The predicted octanol–water partition coefficient (Wildman–Crippen LogP) is 4.09. The van der Waals surface area contributed by atoms with Crippen LogP contribution in [-0.4, -0.2) is 52.1 Å². The van der Waals surface area contributed by atoms with E-state index in [1.807, 2.05) is 47.5 Å². The fourth-order valence-corrected chi connectivity index (χ4v) is 4.89. The normalized spacial score (nSPS) is 19.5. The molecule has 32 heavy (non-hydrogen) atoms. The van der Waals surface area contributed by atoms with Gasteiger partial charge in [0.25, 0.3) is 0 Å². The number of imidazole rings is 1. The van der Waals surface area contributed by atoms with Crippen LogP contribution in [0.15, 0.2) is 42.6 Å². The first-order chi connectivity index (χ1) is 15.7. The summed E-state index contributed by atoms with van der Waals surface area (Å²) < 4.78 is 13.5. The molecule has 0 N–H and O–H groups in total. The Morgan fingerprint density at radius 3 is 2.69 bits per heavy atom. The number of amides is 1. The maximum atomic E-state index is 12.8. The van der Waals surface area contributed by atoms with Gasteiger partial charge in [0.05, 0.1) is 7.11 Å². The number of carbonyl (C=O) groups excluding carboxylic acids is 1. The highest BCUT2D eigenvalue weighted by molar-refractivity contribution is 5.76. The van der Waals surface area contributed by atoms with Crippen LogP contribution in [0.3, 0.4) is 0 Å². The van der Waals surface area contributed by atoms with Gasteiger partial charge in [-0.3, -0.25) is 4.79 Å². The summed E-state index contributed by atoms with van der Waals surface area (Å²) in [4.78, 5) is 24.4. The Balaban J connectivity index is 1.24. The molecule has 3 aromatic rings. The van der Waals surface area contributed by atoms with Crippen LogP contribution in [0.2, 0.25) is 0 Å². The molecule has 2 saturated heterocycles. The van der Waals surface area contributed by atoms with Crippen molar-refractivity contribution in [2.75, 3.05) is 26.8 Å². The summed E-state index contributed by atoms with van der Waals surface area (Å²) in [7, 11) is 1.66. The van der Waals surface area contributed by atoms with Gasteiger partial charge in [-0.15, -0.1) is 0 Å². The second-order valence-electron chi connectivity index (χ2n) is 8.65. The van der Waals surface area contributed by atoms with Gasteiger partial charge >= 0.3 is 0 Å². The van der Waals surface area contributed by atoms with Crippen molar-refractivity contribution in [3.8, 4) is 5.75 Å². The van der Waals surface area contributed by atoms with Crippen LogP contribution >= 0.6 is 0 Å².